The van der Waals surface area contributed by atoms with Gasteiger partial charge in [-0.25, -0.2) is 9.78 Å². The molecular weight excluding hydrogens is 364 g/mol. The maximum absolute atomic E-state index is 13.0. The number of imidazole rings is 1. The van der Waals surface area contributed by atoms with Crippen molar-refractivity contribution in [3.8, 4) is 5.75 Å². The van der Waals surface area contributed by atoms with Crippen molar-refractivity contribution >= 4 is 40.5 Å². The molecule has 3 aromatic rings. The highest BCUT2D eigenvalue weighted by molar-refractivity contribution is 6.04. The van der Waals surface area contributed by atoms with Gasteiger partial charge in [-0.15, -0.1) is 0 Å². The zero-order chi connectivity index (χ0) is 19.8. The van der Waals surface area contributed by atoms with E-state index in [-0.39, 0.29) is 23.6 Å². The van der Waals surface area contributed by atoms with Crippen molar-refractivity contribution in [2.24, 2.45) is 0 Å². The van der Waals surface area contributed by atoms with Gasteiger partial charge in [0.25, 0.3) is 0 Å². The number of ether oxygens (including phenoxy) is 1. The summed E-state index contributed by atoms with van der Waals surface area (Å²) in [7, 11) is 1.42. The number of para-hydroxylation sites is 2. The van der Waals surface area contributed by atoms with Crippen LogP contribution in [0.5, 0.6) is 5.75 Å². The van der Waals surface area contributed by atoms with Crippen LogP contribution in [0.4, 0.5) is 11.6 Å². The van der Waals surface area contributed by atoms with E-state index < -0.39 is 17.9 Å². The molecule has 9 heteroatoms. The highest BCUT2D eigenvalue weighted by Crippen LogP contribution is 2.32. The predicted octanol–water partition coefficient (Wildman–Crippen LogP) is 2.27. The zero-order valence-corrected chi connectivity index (χ0v) is 14.8. The number of rotatable bonds is 4. The van der Waals surface area contributed by atoms with Gasteiger partial charge >= 0.3 is 5.97 Å². The van der Waals surface area contributed by atoms with E-state index in [1.54, 1.807) is 10.6 Å². The number of nitrogens with one attached hydrogen (secondary N) is 2. The molecule has 2 heterocycles. The standard InChI is InChI=1S/C19H16N4O5/c1-28-15-7-6-10(18(26)27)8-12(15)20-17(25)14-9-16(24)22-19-21-11-4-2-3-5-13(11)23(14)19/h2-8,14H,9H2,1H3,(H,20,25)(H,26,27)(H,21,22,24)/t14-/m1/s1. The summed E-state index contributed by atoms with van der Waals surface area (Å²) < 4.78 is 6.87. The van der Waals surface area contributed by atoms with Gasteiger partial charge in [0.2, 0.25) is 17.8 Å². The fourth-order valence-corrected chi connectivity index (χ4v) is 3.26. The van der Waals surface area contributed by atoms with Crippen molar-refractivity contribution in [2.45, 2.75) is 12.5 Å². The Kier molecular flexibility index (Phi) is 4.19. The summed E-state index contributed by atoms with van der Waals surface area (Å²) in [6.45, 7) is 0. The number of anilines is 2. The van der Waals surface area contributed by atoms with Crippen LogP contribution in [0.3, 0.4) is 0 Å². The van der Waals surface area contributed by atoms with Crippen LogP contribution in [-0.2, 0) is 9.59 Å². The molecule has 2 amide bonds. The Morgan fingerprint density at radius 2 is 2.07 bits per heavy atom. The van der Waals surface area contributed by atoms with Crippen LogP contribution >= 0.6 is 0 Å². The Hall–Kier alpha value is -3.88. The predicted molar refractivity (Wildman–Crippen MR) is 101 cm³/mol. The molecular formula is C19H16N4O5. The van der Waals surface area contributed by atoms with Gasteiger partial charge in [0.1, 0.15) is 11.8 Å². The molecule has 1 aliphatic heterocycles. The molecule has 4 rings (SSSR count). The first-order chi connectivity index (χ1) is 13.5. The number of carbonyl (C=O) groups is 3. The van der Waals surface area contributed by atoms with Gasteiger partial charge in [-0.2, -0.15) is 0 Å². The highest BCUT2D eigenvalue weighted by atomic mass is 16.5. The molecule has 3 N–H and O–H groups in total. The minimum absolute atomic E-state index is 0.00579. The van der Waals surface area contributed by atoms with Crippen LogP contribution in [0, 0.1) is 0 Å². The summed E-state index contributed by atoms with van der Waals surface area (Å²) in [5, 5.41) is 14.6. The van der Waals surface area contributed by atoms with E-state index in [4.69, 9.17) is 4.74 Å². The van der Waals surface area contributed by atoms with Gasteiger partial charge in [-0.3, -0.25) is 19.5 Å². The third-order valence-corrected chi connectivity index (χ3v) is 4.54. The first-order valence-electron chi connectivity index (χ1n) is 8.47. The summed E-state index contributed by atoms with van der Waals surface area (Å²) in [6, 6.07) is 10.6. The second kappa shape index (κ2) is 6.69. The topological polar surface area (TPSA) is 123 Å². The lowest BCUT2D eigenvalue weighted by atomic mass is 10.1. The Morgan fingerprint density at radius 3 is 2.82 bits per heavy atom. The number of nitrogens with zero attached hydrogens (tertiary/aromatic N) is 2. The first kappa shape index (κ1) is 17.5. The number of carbonyl (C=O) groups excluding carboxylic acids is 2. The molecule has 0 fully saturated rings. The Balaban J connectivity index is 1.73. The first-order valence-corrected chi connectivity index (χ1v) is 8.47. The average molecular weight is 380 g/mol. The zero-order valence-electron chi connectivity index (χ0n) is 14.8. The summed E-state index contributed by atoms with van der Waals surface area (Å²) in [5.41, 5.74) is 1.59. The molecule has 0 unspecified atom stereocenters. The maximum Gasteiger partial charge on any atom is 0.335 e. The van der Waals surface area contributed by atoms with E-state index in [2.05, 4.69) is 15.6 Å². The van der Waals surface area contributed by atoms with Crippen LogP contribution in [0.1, 0.15) is 22.8 Å². The largest absolute Gasteiger partial charge is 0.495 e. The van der Waals surface area contributed by atoms with E-state index in [1.807, 2.05) is 18.2 Å². The van der Waals surface area contributed by atoms with Crippen molar-refractivity contribution in [3.05, 3.63) is 48.0 Å². The molecule has 1 aromatic heterocycles. The lowest BCUT2D eigenvalue weighted by Gasteiger charge is -2.25. The number of carboxylic acids is 1. The number of fused-ring (bicyclic) bond motifs is 3. The van der Waals surface area contributed by atoms with Gasteiger partial charge in [0, 0.05) is 0 Å². The van der Waals surface area contributed by atoms with E-state index >= 15 is 0 Å². The van der Waals surface area contributed by atoms with Crippen LogP contribution in [0.2, 0.25) is 0 Å². The highest BCUT2D eigenvalue weighted by Gasteiger charge is 2.33. The molecule has 0 aliphatic carbocycles. The summed E-state index contributed by atoms with van der Waals surface area (Å²) >= 11 is 0. The third kappa shape index (κ3) is 2.92. The number of amides is 2. The van der Waals surface area contributed by atoms with Gasteiger partial charge in [0.15, 0.2) is 0 Å². The number of benzene rings is 2. The fraction of sp³-hybridized carbons (Fsp3) is 0.158. The molecule has 0 saturated carbocycles. The third-order valence-electron chi connectivity index (χ3n) is 4.54. The number of aromatic nitrogens is 2. The van der Waals surface area contributed by atoms with Crippen LogP contribution in [0.25, 0.3) is 11.0 Å². The summed E-state index contributed by atoms with van der Waals surface area (Å²) in [6.07, 6.45) is -0.0693. The lowest BCUT2D eigenvalue weighted by Crippen LogP contribution is -2.35. The molecule has 28 heavy (non-hydrogen) atoms. The van der Waals surface area contributed by atoms with Crippen molar-refractivity contribution in [1.29, 1.82) is 0 Å². The molecule has 1 atom stereocenters. The van der Waals surface area contributed by atoms with Crippen LogP contribution in [0.15, 0.2) is 42.5 Å². The Morgan fingerprint density at radius 1 is 1.29 bits per heavy atom. The molecule has 0 radical (unpaired) electrons. The van der Waals surface area contributed by atoms with Gasteiger partial charge in [0.05, 0.1) is 35.8 Å². The van der Waals surface area contributed by atoms with Crippen molar-refractivity contribution < 1.29 is 24.2 Å². The minimum atomic E-state index is -1.13. The lowest BCUT2D eigenvalue weighted by molar-refractivity contribution is -0.124. The summed E-state index contributed by atoms with van der Waals surface area (Å²) in [4.78, 5) is 40.7. The second-order valence-corrected chi connectivity index (χ2v) is 6.27. The van der Waals surface area contributed by atoms with Crippen molar-refractivity contribution in [1.82, 2.24) is 9.55 Å². The molecule has 1 aliphatic rings. The summed E-state index contributed by atoms with van der Waals surface area (Å²) in [5.74, 6) is -1.31. The van der Waals surface area contributed by atoms with Crippen LogP contribution in [-0.4, -0.2) is 39.6 Å². The monoisotopic (exact) mass is 380 g/mol. The molecule has 2 aromatic carbocycles. The number of methoxy groups -OCH3 is 1. The molecule has 0 saturated heterocycles. The number of aromatic carboxylic acids is 1. The molecule has 142 valence electrons. The molecule has 0 spiro atoms. The van der Waals surface area contributed by atoms with Gasteiger partial charge in [-0.05, 0) is 30.3 Å². The van der Waals surface area contributed by atoms with Crippen molar-refractivity contribution in [2.75, 3.05) is 17.7 Å². The average Bonchev–Trinajstić information content (AvgIpc) is 3.05. The molecule has 0 bridgehead atoms. The normalized spacial score (nSPS) is 15.6. The van der Waals surface area contributed by atoms with Gasteiger partial charge < -0.3 is 15.2 Å². The SMILES string of the molecule is COc1ccc(C(=O)O)cc1NC(=O)[C@H]1CC(=O)Nc2nc3ccccc3n21. The van der Waals surface area contributed by atoms with E-state index in [0.29, 0.717) is 22.7 Å². The number of carboxylic acid groups (broad SMARTS) is 1. The number of hydrogen-bond donors (Lipinski definition) is 3. The second-order valence-electron chi connectivity index (χ2n) is 6.27. The smallest absolute Gasteiger partial charge is 0.335 e. The molecule has 9 nitrogen and oxygen atoms in total. The fourth-order valence-electron chi connectivity index (χ4n) is 3.26. The van der Waals surface area contributed by atoms with E-state index in [9.17, 15) is 19.5 Å². The van der Waals surface area contributed by atoms with Crippen LogP contribution < -0.4 is 15.4 Å². The minimum Gasteiger partial charge on any atom is -0.495 e. The van der Waals surface area contributed by atoms with E-state index in [0.717, 1.165) is 0 Å². The Labute approximate surface area is 158 Å². The maximum atomic E-state index is 13.0. The quantitative estimate of drug-likeness (QED) is 0.638. The Bertz CT molecular complexity index is 1120. The van der Waals surface area contributed by atoms with Gasteiger partial charge in [-0.1, -0.05) is 12.1 Å². The number of hydrogen-bond acceptors (Lipinski definition) is 5. The van der Waals surface area contributed by atoms with Crippen molar-refractivity contribution in [3.63, 3.8) is 0 Å². The van der Waals surface area contributed by atoms with E-state index in [1.165, 1.54) is 25.3 Å².